The molecule has 0 unspecified atom stereocenters. The van der Waals surface area contributed by atoms with Gasteiger partial charge in [0.1, 0.15) is 0 Å². The molecule has 2 heterocycles. The number of aromatic nitrogens is 2. The second-order valence-electron chi connectivity index (χ2n) is 7.50. The molecule has 1 aliphatic rings. The van der Waals surface area contributed by atoms with Crippen LogP contribution in [0, 0.1) is 5.92 Å². The zero-order valence-corrected chi connectivity index (χ0v) is 16.6. The molecule has 2 amide bonds. The standard InChI is InChI=1S/C22H28N4O2/c1-4-20(27)25-12-10-17(11-13-25)22(28)23-14-18-15-26(24-21(18)16(2)3)19-8-6-5-7-9-19/h4-9,15-17H,1,10-14H2,2-3H3,(H,23,28). The molecular formula is C22H28N4O2. The molecule has 148 valence electrons. The lowest BCUT2D eigenvalue weighted by Crippen LogP contribution is -2.42. The largest absolute Gasteiger partial charge is 0.352 e. The van der Waals surface area contributed by atoms with Gasteiger partial charge >= 0.3 is 0 Å². The molecule has 1 aromatic carbocycles. The number of nitrogens with one attached hydrogen (secondary N) is 1. The van der Waals surface area contributed by atoms with Gasteiger partial charge in [-0.1, -0.05) is 38.6 Å². The molecule has 0 saturated carbocycles. The summed E-state index contributed by atoms with van der Waals surface area (Å²) in [5.41, 5.74) is 3.03. The van der Waals surface area contributed by atoms with Crippen LogP contribution >= 0.6 is 0 Å². The molecule has 1 aromatic heterocycles. The van der Waals surface area contributed by atoms with Crippen LogP contribution in [0.5, 0.6) is 0 Å². The molecule has 0 aliphatic carbocycles. The van der Waals surface area contributed by atoms with Gasteiger partial charge in [0.2, 0.25) is 11.8 Å². The fraction of sp³-hybridized carbons (Fsp3) is 0.409. The van der Waals surface area contributed by atoms with Gasteiger partial charge in [-0.15, -0.1) is 0 Å². The van der Waals surface area contributed by atoms with E-state index in [2.05, 4.69) is 25.7 Å². The number of hydrogen-bond acceptors (Lipinski definition) is 3. The molecular weight excluding hydrogens is 352 g/mol. The third-order valence-corrected chi connectivity index (χ3v) is 5.20. The van der Waals surface area contributed by atoms with E-state index in [4.69, 9.17) is 5.10 Å². The van der Waals surface area contributed by atoms with E-state index >= 15 is 0 Å². The SMILES string of the molecule is C=CC(=O)N1CCC(C(=O)NCc2cn(-c3ccccc3)nc2C(C)C)CC1. The number of carbonyl (C=O) groups excluding carboxylic acids is 2. The van der Waals surface area contributed by atoms with Gasteiger partial charge in [-0.2, -0.15) is 5.10 Å². The van der Waals surface area contributed by atoms with Gasteiger partial charge in [-0.3, -0.25) is 9.59 Å². The number of para-hydroxylation sites is 1. The highest BCUT2D eigenvalue weighted by Gasteiger charge is 2.26. The molecule has 1 saturated heterocycles. The third-order valence-electron chi connectivity index (χ3n) is 5.20. The predicted octanol–water partition coefficient (Wildman–Crippen LogP) is 3.04. The van der Waals surface area contributed by atoms with E-state index in [1.165, 1.54) is 6.08 Å². The Hall–Kier alpha value is -2.89. The first-order chi connectivity index (χ1) is 13.5. The van der Waals surface area contributed by atoms with Crippen LogP contribution in [0.1, 0.15) is 43.9 Å². The summed E-state index contributed by atoms with van der Waals surface area (Å²) in [6.45, 7) is 9.40. The topological polar surface area (TPSA) is 67.2 Å². The van der Waals surface area contributed by atoms with Gasteiger partial charge in [-0.25, -0.2) is 4.68 Å². The van der Waals surface area contributed by atoms with E-state index < -0.39 is 0 Å². The van der Waals surface area contributed by atoms with E-state index in [1.54, 1.807) is 4.90 Å². The lowest BCUT2D eigenvalue weighted by molar-refractivity contribution is -0.132. The molecule has 0 atom stereocenters. The Morgan fingerprint density at radius 3 is 2.54 bits per heavy atom. The quantitative estimate of drug-likeness (QED) is 0.784. The zero-order chi connectivity index (χ0) is 20.1. The molecule has 2 aromatic rings. The van der Waals surface area contributed by atoms with Crippen LogP contribution in [-0.4, -0.2) is 39.6 Å². The van der Waals surface area contributed by atoms with Gasteiger partial charge in [0.15, 0.2) is 0 Å². The molecule has 3 rings (SSSR count). The number of likely N-dealkylation sites (tertiary alicyclic amines) is 1. The highest BCUT2D eigenvalue weighted by atomic mass is 16.2. The van der Waals surface area contributed by atoms with Crippen molar-refractivity contribution in [3.8, 4) is 5.69 Å². The molecule has 6 heteroatoms. The van der Waals surface area contributed by atoms with E-state index in [1.807, 2.05) is 41.2 Å². The van der Waals surface area contributed by atoms with Crippen molar-refractivity contribution in [3.63, 3.8) is 0 Å². The number of hydrogen-bond donors (Lipinski definition) is 1. The minimum Gasteiger partial charge on any atom is -0.352 e. The molecule has 0 radical (unpaired) electrons. The Kier molecular flexibility index (Phi) is 6.29. The molecule has 28 heavy (non-hydrogen) atoms. The van der Waals surface area contributed by atoms with E-state index in [9.17, 15) is 9.59 Å². The number of rotatable bonds is 6. The van der Waals surface area contributed by atoms with Gasteiger partial charge in [-0.05, 0) is 37.0 Å². The molecule has 0 spiro atoms. The Morgan fingerprint density at radius 1 is 1.25 bits per heavy atom. The summed E-state index contributed by atoms with van der Waals surface area (Å²) >= 11 is 0. The molecule has 1 fully saturated rings. The second-order valence-corrected chi connectivity index (χ2v) is 7.50. The molecule has 6 nitrogen and oxygen atoms in total. The Labute approximate surface area is 166 Å². The lowest BCUT2D eigenvalue weighted by Gasteiger charge is -2.30. The van der Waals surface area contributed by atoms with Crippen molar-refractivity contribution < 1.29 is 9.59 Å². The van der Waals surface area contributed by atoms with Crippen molar-refractivity contribution in [1.29, 1.82) is 0 Å². The predicted molar refractivity (Wildman–Crippen MR) is 109 cm³/mol. The number of piperidine rings is 1. The average Bonchev–Trinajstić information content (AvgIpc) is 3.17. The van der Waals surface area contributed by atoms with Crippen LogP contribution in [0.25, 0.3) is 5.69 Å². The van der Waals surface area contributed by atoms with Crippen molar-refractivity contribution >= 4 is 11.8 Å². The first-order valence-electron chi connectivity index (χ1n) is 9.82. The maximum Gasteiger partial charge on any atom is 0.245 e. The van der Waals surface area contributed by atoms with E-state index in [0.29, 0.717) is 32.5 Å². The summed E-state index contributed by atoms with van der Waals surface area (Å²) in [5, 5.41) is 7.79. The van der Waals surface area contributed by atoms with Gasteiger partial charge in [0.05, 0.1) is 11.4 Å². The lowest BCUT2D eigenvalue weighted by atomic mass is 9.95. The Bertz CT molecular complexity index is 833. The summed E-state index contributed by atoms with van der Waals surface area (Å²) in [5.74, 6) is 0.201. The van der Waals surface area contributed by atoms with Crippen molar-refractivity contribution in [3.05, 3.63) is 60.4 Å². The summed E-state index contributed by atoms with van der Waals surface area (Å²) in [6.07, 6.45) is 4.70. The van der Waals surface area contributed by atoms with Crippen LogP contribution in [-0.2, 0) is 16.1 Å². The molecule has 1 aliphatic heterocycles. The van der Waals surface area contributed by atoms with Crippen molar-refractivity contribution in [1.82, 2.24) is 20.0 Å². The average molecular weight is 380 g/mol. The van der Waals surface area contributed by atoms with Gasteiger partial charge < -0.3 is 10.2 Å². The minimum atomic E-state index is -0.0613. The minimum absolute atomic E-state index is 0.0490. The number of amides is 2. The van der Waals surface area contributed by atoms with E-state index in [-0.39, 0.29) is 23.7 Å². The first kappa shape index (κ1) is 19.9. The summed E-state index contributed by atoms with van der Waals surface area (Å²) in [7, 11) is 0. The van der Waals surface area contributed by atoms with E-state index in [0.717, 1.165) is 16.9 Å². The highest BCUT2D eigenvalue weighted by Crippen LogP contribution is 2.21. The fourth-order valence-corrected chi connectivity index (χ4v) is 3.58. The fourth-order valence-electron chi connectivity index (χ4n) is 3.58. The summed E-state index contributed by atoms with van der Waals surface area (Å²) in [6, 6.07) is 9.97. The van der Waals surface area contributed by atoms with Crippen LogP contribution in [0.2, 0.25) is 0 Å². The van der Waals surface area contributed by atoms with Crippen molar-refractivity contribution in [2.24, 2.45) is 5.92 Å². The maximum absolute atomic E-state index is 12.6. The second kappa shape index (κ2) is 8.87. The highest BCUT2D eigenvalue weighted by molar-refractivity contribution is 5.87. The molecule has 0 bridgehead atoms. The smallest absolute Gasteiger partial charge is 0.245 e. The Balaban J connectivity index is 1.62. The monoisotopic (exact) mass is 380 g/mol. The number of benzene rings is 1. The molecule has 1 N–H and O–H groups in total. The van der Waals surface area contributed by atoms with Crippen LogP contribution in [0.15, 0.2) is 49.2 Å². The summed E-state index contributed by atoms with van der Waals surface area (Å²) in [4.78, 5) is 26.0. The summed E-state index contributed by atoms with van der Waals surface area (Å²) < 4.78 is 1.87. The zero-order valence-electron chi connectivity index (χ0n) is 16.6. The van der Waals surface area contributed by atoms with Crippen LogP contribution in [0.4, 0.5) is 0 Å². The van der Waals surface area contributed by atoms with Crippen molar-refractivity contribution in [2.45, 2.75) is 39.2 Å². The van der Waals surface area contributed by atoms with Gasteiger partial charge in [0, 0.05) is 37.3 Å². The third kappa shape index (κ3) is 4.50. The number of nitrogens with zero attached hydrogens (tertiary/aromatic N) is 3. The Morgan fingerprint density at radius 2 is 1.93 bits per heavy atom. The number of carbonyl (C=O) groups is 2. The van der Waals surface area contributed by atoms with Crippen LogP contribution < -0.4 is 5.32 Å². The van der Waals surface area contributed by atoms with Crippen LogP contribution in [0.3, 0.4) is 0 Å². The van der Waals surface area contributed by atoms with Gasteiger partial charge in [0.25, 0.3) is 0 Å². The van der Waals surface area contributed by atoms with Crippen molar-refractivity contribution in [2.75, 3.05) is 13.1 Å². The maximum atomic E-state index is 12.6. The first-order valence-corrected chi connectivity index (χ1v) is 9.82. The normalized spacial score (nSPS) is 14.9.